The van der Waals surface area contributed by atoms with E-state index in [0.717, 1.165) is 0 Å². The smallest absolute Gasteiger partial charge is 0.407 e. The number of cyclic esters (lactones) is 1. The number of esters is 1. The molecule has 0 aliphatic carbocycles. The number of carbonyl (C=O) groups excluding carboxylic acids is 2. The summed E-state index contributed by atoms with van der Waals surface area (Å²) in [6.07, 6.45) is 5.47. The highest BCUT2D eigenvalue weighted by Gasteiger charge is 2.37. The minimum atomic E-state index is -0.950. The van der Waals surface area contributed by atoms with Crippen LogP contribution in [0.4, 0.5) is 9.18 Å². The van der Waals surface area contributed by atoms with Crippen molar-refractivity contribution in [3.63, 3.8) is 0 Å². The molecule has 1 aromatic carbocycles. The minimum Gasteiger partial charge on any atom is -0.465 e. The van der Waals surface area contributed by atoms with Crippen LogP contribution >= 0.6 is 0 Å². The van der Waals surface area contributed by atoms with Crippen LogP contribution < -0.4 is 0 Å². The maximum atomic E-state index is 15.3. The maximum Gasteiger partial charge on any atom is 0.407 e. The van der Waals surface area contributed by atoms with E-state index in [-0.39, 0.29) is 42.7 Å². The molecule has 1 aromatic heterocycles. The van der Waals surface area contributed by atoms with E-state index in [2.05, 4.69) is 16.9 Å². The van der Waals surface area contributed by atoms with Gasteiger partial charge < -0.3 is 34.4 Å². The van der Waals surface area contributed by atoms with Gasteiger partial charge in [0.15, 0.2) is 0 Å². The van der Waals surface area contributed by atoms with Crippen LogP contribution in [0.3, 0.4) is 0 Å². The Morgan fingerprint density at radius 1 is 1.10 bits per heavy atom. The lowest BCUT2D eigenvalue weighted by Crippen LogP contribution is -2.57. The zero-order valence-corrected chi connectivity index (χ0v) is 28.3. The van der Waals surface area contributed by atoms with E-state index < -0.39 is 30.1 Å². The first kappa shape index (κ1) is 35.5. The SMILES string of the molecule is C/C(=C\c1cc(F)c2cnn(CC(=O)N3CCOCC3)c2c1)[C@H]1OC(=O)C[C@H](O)CC[C@H](C)[C@@H](C2CN(C)CCN2C(=O)O)/C=C/[C@@H]1C. The van der Waals surface area contributed by atoms with Crippen LogP contribution in [-0.4, -0.2) is 124 Å². The van der Waals surface area contributed by atoms with Crippen molar-refractivity contribution in [3.8, 4) is 0 Å². The summed E-state index contributed by atoms with van der Waals surface area (Å²) in [4.78, 5) is 43.5. The molecule has 0 saturated carbocycles. The number of benzene rings is 1. The van der Waals surface area contributed by atoms with Crippen molar-refractivity contribution in [1.82, 2.24) is 24.5 Å². The number of nitrogens with zero attached hydrogens (tertiary/aromatic N) is 5. The molecule has 6 atom stereocenters. The summed E-state index contributed by atoms with van der Waals surface area (Å²) in [6.45, 7) is 9.38. The quantitative estimate of drug-likeness (QED) is 0.361. The van der Waals surface area contributed by atoms with E-state index in [0.29, 0.717) is 80.8 Å². The summed E-state index contributed by atoms with van der Waals surface area (Å²) in [6, 6.07) is 2.88. The van der Waals surface area contributed by atoms with Crippen molar-refractivity contribution in [2.24, 2.45) is 17.8 Å². The molecule has 2 saturated heterocycles. The summed E-state index contributed by atoms with van der Waals surface area (Å²) >= 11 is 0. The summed E-state index contributed by atoms with van der Waals surface area (Å²) in [5.74, 6) is -1.54. The third kappa shape index (κ3) is 8.42. The molecule has 4 heterocycles. The summed E-state index contributed by atoms with van der Waals surface area (Å²) in [5.41, 5.74) is 1.65. The summed E-state index contributed by atoms with van der Waals surface area (Å²) in [5, 5.41) is 25.3. The number of carbonyl (C=O) groups is 3. The zero-order valence-electron chi connectivity index (χ0n) is 28.3. The first-order valence-corrected chi connectivity index (χ1v) is 16.8. The largest absolute Gasteiger partial charge is 0.465 e. The van der Waals surface area contributed by atoms with Crippen LogP contribution in [0.2, 0.25) is 0 Å². The first-order valence-electron chi connectivity index (χ1n) is 16.8. The second-order valence-electron chi connectivity index (χ2n) is 13.6. The molecule has 12 nitrogen and oxygen atoms in total. The highest BCUT2D eigenvalue weighted by atomic mass is 19.1. The van der Waals surface area contributed by atoms with Gasteiger partial charge in [-0.2, -0.15) is 5.10 Å². The molecule has 3 aliphatic rings. The number of aliphatic hydroxyl groups excluding tert-OH is 1. The number of piperazine rings is 1. The molecule has 2 aromatic rings. The van der Waals surface area contributed by atoms with Gasteiger partial charge in [-0.05, 0) is 56.0 Å². The van der Waals surface area contributed by atoms with E-state index in [1.165, 1.54) is 21.8 Å². The third-order valence-electron chi connectivity index (χ3n) is 9.93. The van der Waals surface area contributed by atoms with Gasteiger partial charge in [-0.25, -0.2) is 9.18 Å². The van der Waals surface area contributed by atoms with Gasteiger partial charge in [-0.15, -0.1) is 0 Å². The molecule has 0 bridgehead atoms. The van der Waals surface area contributed by atoms with Gasteiger partial charge in [0.1, 0.15) is 18.5 Å². The van der Waals surface area contributed by atoms with Crippen LogP contribution in [0.1, 0.15) is 45.6 Å². The number of halogens is 1. The highest BCUT2D eigenvalue weighted by Crippen LogP contribution is 2.32. The normalized spacial score (nSPS) is 29.2. The monoisotopic (exact) mass is 669 g/mol. The Morgan fingerprint density at radius 3 is 2.58 bits per heavy atom. The number of likely N-dealkylation sites (N-methyl/N-ethyl adjacent to an activating group) is 1. The Balaban J connectivity index is 1.44. The number of hydrogen-bond acceptors (Lipinski definition) is 8. The van der Waals surface area contributed by atoms with Gasteiger partial charge in [0.2, 0.25) is 5.91 Å². The Morgan fingerprint density at radius 2 is 1.85 bits per heavy atom. The van der Waals surface area contributed by atoms with Gasteiger partial charge in [0.25, 0.3) is 0 Å². The van der Waals surface area contributed by atoms with Crippen molar-refractivity contribution < 1.29 is 38.5 Å². The molecule has 13 heteroatoms. The van der Waals surface area contributed by atoms with E-state index >= 15 is 4.39 Å². The Bertz CT molecular complexity index is 1540. The maximum absolute atomic E-state index is 15.3. The average molecular weight is 670 g/mol. The first-order chi connectivity index (χ1) is 22.9. The van der Waals surface area contributed by atoms with E-state index in [1.54, 1.807) is 17.0 Å². The zero-order chi connectivity index (χ0) is 34.5. The molecule has 0 spiro atoms. The number of carboxylic acid groups (broad SMARTS) is 1. The third-order valence-corrected chi connectivity index (χ3v) is 9.93. The fourth-order valence-corrected chi connectivity index (χ4v) is 7.12. The molecule has 0 radical (unpaired) electrons. The van der Waals surface area contributed by atoms with E-state index in [1.807, 2.05) is 33.0 Å². The molecule has 1 unspecified atom stereocenters. The van der Waals surface area contributed by atoms with Crippen LogP contribution in [0.15, 0.2) is 36.1 Å². The van der Waals surface area contributed by atoms with Gasteiger partial charge >= 0.3 is 12.1 Å². The van der Waals surface area contributed by atoms with Crippen molar-refractivity contribution in [2.45, 2.75) is 64.8 Å². The van der Waals surface area contributed by atoms with Crippen LogP contribution in [0, 0.1) is 23.6 Å². The van der Waals surface area contributed by atoms with Crippen molar-refractivity contribution in [3.05, 3.63) is 47.4 Å². The summed E-state index contributed by atoms with van der Waals surface area (Å²) in [7, 11) is 1.99. The molecule has 2 amide bonds. The molecule has 262 valence electrons. The lowest BCUT2D eigenvalue weighted by atomic mass is 9.80. The number of fused-ring (bicyclic) bond motifs is 1. The van der Waals surface area contributed by atoms with Gasteiger partial charge in [-0.1, -0.05) is 32.1 Å². The Kier molecular flexibility index (Phi) is 11.5. The molecule has 2 N–H and O–H groups in total. The highest BCUT2D eigenvalue weighted by molar-refractivity contribution is 5.84. The number of ether oxygens (including phenoxy) is 2. The lowest BCUT2D eigenvalue weighted by molar-refractivity contribution is -0.151. The average Bonchev–Trinajstić information content (AvgIpc) is 3.45. The molecule has 3 aliphatic heterocycles. The number of rotatable bonds is 5. The summed E-state index contributed by atoms with van der Waals surface area (Å²) < 4.78 is 28.1. The predicted octanol–water partition coefficient (Wildman–Crippen LogP) is 3.63. The van der Waals surface area contributed by atoms with Crippen molar-refractivity contribution in [1.29, 1.82) is 0 Å². The number of amides is 2. The molecule has 2 fully saturated rings. The molecule has 5 rings (SSSR count). The van der Waals surface area contributed by atoms with Crippen molar-refractivity contribution >= 4 is 34.9 Å². The number of hydrogen-bond donors (Lipinski definition) is 2. The molecular weight excluding hydrogens is 621 g/mol. The van der Waals surface area contributed by atoms with Crippen molar-refractivity contribution in [2.75, 3.05) is 53.0 Å². The van der Waals surface area contributed by atoms with E-state index in [4.69, 9.17) is 9.47 Å². The molecule has 48 heavy (non-hydrogen) atoms. The Labute approximate surface area is 280 Å². The fraction of sp³-hybridized carbons (Fsp3) is 0.600. The Hall–Kier alpha value is -3.81. The lowest BCUT2D eigenvalue weighted by Gasteiger charge is -2.43. The standard InChI is InChI=1S/C35H48FN5O7/c1-22-5-7-26(42)18-33(44)48-34(23(2)6-8-27(22)31-20-38(4)9-10-40(31)35(45)46)24(3)15-25-16-29(36)28-19-37-41(30(28)17-25)21-32(43)39-11-13-47-14-12-39/h6,8,15-17,19,22-23,26-27,31,34,42H,5,7,9-14,18,20-21H2,1-4H3,(H,45,46)/b8-6+,24-15+/t22-,23-,26+,27-,31?,34-/m0/s1. The predicted molar refractivity (Wildman–Crippen MR) is 177 cm³/mol. The topological polar surface area (TPSA) is 138 Å². The number of aromatic nitrogens is 2. The van der Waals surface area contributed by atoms with Crippen LogP contribution in [-0.2, 0) is 25.6 Å². The second-order valence-corrected chi connectivity index (χ2v) is 13.6. The second kappa shape index (κ2) is 15.6. The minimum absolute atomic E-state index is 0.0326. The fourth-order valence-electron chi connectivity index (χ4n) is 7.12. The number of morpholine rings is 1. The number of aliphatic hydroxyl groups is 1. The van der Waals surface area contributed by atoms with Gasteiger partial charge in [-0.3, -0.25) is 14.3 Å². The molecular formula is C35H48FN5O7. The van der Waals surface area contributed by atoms with Gasteiger partial charge in [0.05, 0.1) is 48.9 Å². The van der Waals surface area contributed by atoms with Gasteiger partial charge in [0, 0.05) is 44.6 Å². The van der Waals surface area contributed by atoms with Crippen LogP contribution in [0.25, 0.3) is 17.0 Å². The van der Waals surface area contributed by atoms with E-state index in [9.17, 15) is 24.6 Å². The van der Waals surface area contributed by atoms with Crippen LogP contribution in [0.5, 0.6) is 0 Å².